The van der Waals surface area contributed by atoms with E-state index in [4.69, 9.17) is 14.2 Å². The Morgan fingerprint density at radius 1 is 1.26 bits per heavy atom. The number of fused-ring (bicyclic) bond motifs is 2. The Kier molecular flexibility index (Phi) is 6.02. The average Bonchev–Trinajstić information content (AvgIpc) is 2.98. The van der Waals surface area contributed by atoms with Gasteiger partial charge in [0.25, 0.3) is 0 Å². The van der Waals surface area contributed by atoms with Crippen LogP contribution in [0.3, 0.4) is 0 Å². The highest BCUT2D eigenvalue weighted by Gasteiger charge is 2.60. The second kappa shape index (κ2) is 8.11. The molecular formula is C24H30O7. The first kappa shape index (κ1) is 23.0. The van der Waals surface area contributed by atoms with Crippen LogP contribution in [0.4, 0.5) is 0 Å². The summed E-state index contributed by atoms with van der Waals surface area (Å²) in [5.74, 6) is -2.20. The Labute approximate surface area is 182 Å². The molecule has 3 rings (SSSR count). The minimum Gasteiger partial charge on any atom is -0.458 e. The molecule has 0 aromatic rings. The number of esters is 3. The number of carbonyl (C=O) groups is 3. The van der Waals surface area contributed by atoms with Crippen molar-refractivity contribution in [3.63, 3.8) is 0 Å². The smallest absolute Gasteiger partial charge is 0.334 e. The molecule has 0 spiro atoms. The van der Waals surface area contributed by atoms with Gasteiger partial charge in [0.05, 0.1) is 12.0 Å². The molecule has 31 heavy (non-hydrogen) atoms. The molecule has 0 aromatic heterocycles. The molecule has 2 aliphatic carbocycles. The molecule has 7 heteroatoms. The van der Waals surface area contributed by atoms with Crippen LogP contribution in [-0.2, 0) is 28.6 Å². The second-order valence-corrected chi connectivity index (χ2v) is 8.94. The standard InChI is InChI=1S/C24H30O7/c1-8-12(4)22(27)29-15-9-17(25)24(7)10-16-18(14(6)23(28)30-16)20(19(24)13(15)5)31-21(26)11(2)3/h8,15-18,20,25H,2,6,9-10H2,1,3-5,7H3. The van der Waals surface area contributed by atoms with Crippen LogP contribution in [0.25, 0.3) is 0 Å². The first-order valence-corrected chi connectivity index (χ1v) is 10.4. The zero-order valence-corrected chi connectivity index (χ0v) is 18.7. The monoisotopic (exact) mass is 430 g/mol. The van der Waals surface area contributed by atoms with Crippen molar-refractivity contribution in [3.05, 3.63) is 47.1 Å². The van der Waals surface area contributed by atoms with E-state index in [1.54, 1.807) is 19.9 Å². The van der Waals surface area contributed by atoms with Crippen LogP contribution in [-0.4, -0.2) is 47.4 Å². The Morgan fingerprint density at radius 2 is 1.90 bits per heavy atom. The van der Waals surface area contributed by atoms with Crippen molar-refractivity contribution < 1.29 is 33.7 Å². The van der Waals surface area contributed by atoms with Gasteiger partial charge in [-0.1, -0.05) is 26.2 Å². The zero-order valence-electron chi connectivity index (χ0n) is 18.7. The number of hydrogen-bond donors (Lipinski definition) is 1. The topological polar surface area (TPSA) is 99.1 Å². The zero-order chi connectivity index (χ0) is 23.2. The Bertz CT molecular complexity index is 924. The summed E-state index contributed by atoms with van der Waals surface area (Å²) in [5.41, 5.74) is 1.42. The summed E-state index contributed by atoms with van der Waals surface area (Å²) in [6.07, 6.45) is -0.825. The summed E-state index contributed by atoms with van der Waals surface area (Å²) >= 11 is 0. The van der Waals surface area contributed by atoms with E-state index >= 15 is 0 Å². The molecule has 7 nitrogen and oxygen atoms in total. The van der Waals surface area contributed by atoms with E-state index in [-0.39, 0.29) is 17.6 Å². The van der Waals surface area contributed by atoms with Crippen molar-refractivity contribution in [2.24, 2.45) is 11.3 Å². The highest BCUT2D eigenvalue weighted by molar-refractivity contribution is 5.92. The number of aliphatic hydroxyl groups excluding tert-OH is 1. The molecule has 0 radical (unpaired) electrons. The molecule has 1 N–H and O–H groups in total. The van der Waals surface area contributed by atoms with E-state index in [2.05, 4.69) is 13.2 Å². The number of allylic oxidation sites excluding steroid dienone is 1. The summed E-state index contributed by atoms with van der Waals surface area (Å²) in [6.45, 7) is 16.1. The van der Waals surface area contributed by atoms with Gasteiger partial charge in [0.1, 0.15) is 18.3 Å². The Morgan fingerprint density at radius 3 is 2.48 bits per heavy atom. The fourth-order valence-corrected chi connectivity index (χ4v) is 4.85. The van der Waals surface area contributed by atoms with Crippen LogP contribution >= 0.6 is 0 Å². The van der Waals surface area contributed by atoms with Crippen molar-refractivity contribution in [1.82, 2.24) is 0 Å². The highest BCUT2D eigenvalue weighted by atomic mass is 16.6. The lowest BCUT2D eigenvalue weighted by atomic mass is 9.57. The molecule has 0 amide bonds. The van der Waals surface area contributed by atoms with Gasteiger partial charge in [-0.3, -0.25) is 0 Å². The number of hydrogen-bond acceptors (Lipinski definition) is 7. The van der Waals surface area contributed by atoms with Gasteiger partial charge in [-0.15, -0.1) is 0 Å². The largest absolute Gasteiger partial charge is 0.458 e. The van der Waals surface area contributed by atoms with Gasteiger partial charge in [-0.2, -0.15) is 0 Å². The van der Waals surface area contributed by atoms with Gasteiger partial charge in [0.15, 0.2) is 0 Å². The number of ether oxygens (including phenoxy) is 3. The van der Waals surface area contributed by atoms with Gasteiger partial charge in [0.2, 0.25) is 0 Å². The van der Waals surface area contributed by atoms with Crippen molar-refractivity contribution >= 4 is 17.9 Å². The Hall–Kier alpha value is -2.67. The quantitative estimate of drug-likeness (QED) is 0.317. The fourth-order valence-electron chi connectivity index (χ4n) is 4.85. The third kappa shape index (κ3) is 3.76. The molecule has 1 saturated heterocycles. The lowest BCUT2D eigenvalue weighted by molar-refractivity contribution is -0.158. The van der Waals surface area contributed by atoms with E-state index in [9.17, 15) is 19.5 Å². The third-order valence-electron chi connectivity index (χ3n) is 6.84. The van der Waals surface area contributed by atoms with Crippen molar-refractivity contribution in [2.45, 2.75) is 71.9 Å². The van der Waals surface area contributed by atoms with Crippen molar-refractivity contribution in [2.75, 3.05) is 0 Å². The van der Waals surface area contributed by atoms with Crippen LogP contribution in [0.2, 0.25) is 0 Å². The summed E-state index contributed by atoms with van der Waals surface area (Å²) in [6, 6.07) is 0. The van der Waals surface area contributed by atoms with E-state index in [0.717, 1.165) is 0 Å². The average molecular weight is 430 g/mol. The van der Waals surface area contributed by atoms with Gasteiger partial charge in [-0.05, 0) is 45.3 Å². The second-order valence-electron chi connectivity index (χ2n) is 8.94. The lowest BCUT2D eigenvalue weighted by Crippen LogP contribution is -2.55. The molecular weight excluding hydrogens is 400 g/mol. The van der Waals surface area contributed by atoms with E-state index in [1.807, 2.05) is 13.8 Å². The van der Waals surface area contributed by atoms with E-state index in [0.29, 0.717) is 23.1 Å². The maximum absolute atomic E-state index is 12.5. The molecule has 6 unspecified atom stereocenters. The first-order valence-electron chi connectivity index (χ1n) is 10.4. The summed E-state index contributed by atoms with van der Waals surface area (Å²) in [7, 11) is 0. The van der Waals surface area contributed by atoms with E-state index < -0.39 is 53.7 Å². The summed E-state index contributed by atoms with van der Waals surface area (Å²) < 4.78 is 17.0. The van der Waals surface area contributed by atoms with Gasteiger partial charge in [-0.25, -0.2) is 14.4 Å². The van der Waals surface area contributed by atoms with Crippen LogP contribution < -0.4 is 0 Å². The molecule has 168 valence electrons. The molecule has 6 atom stereocenters. The maximum Gasteiger partial charge on any atom is 0.334 e. The van der Waals surface area contributed by atoms with Gasteiger partial charge >= 0.3 is 17.9 Å². The lowest BCUT2D eigenvalue weighted by Gasteiger charge is -2.52. The Balaban J connectivity index is 2.11. The molecule has 1 aliphatic heterocycles. The molecule has 0 bridgehead atoms. The first-order chi connectivity index (χ1) is 14.4. The van der Waals surface area contributed by atoms with Crippen LogP contribution in [0.5, 0.6) is 0 Å². The van der Waals surface area contributed by atoms with Gasteiger partial charge in [0, 0.05) is 28.6 Å². The molecule has 2 fully saturated rings. The maximum atomic E-state index is 12.5. The fraction of sp³-hybridized carbons (Fsp3) is 0.542. The highest BCUT2D eigenvalue weighted by Crippen LogP contribution is 2.56. The minimum absolute atomic E-state index is 0.196. The number of carbonyl (C=O) groups excluding carboxylic acids is 3. The van der Waals surface area contributed by atoms with Crippen molar-refractivity contribution in [1.29, 1.82) is 0 Å². The number of aliphatic hydroxyl groups is 1. The SMILES string of the molecule is C=C(C)C(=O)OC1C2=C(C)C(OC(=O)C(C)=CC)CC(O)C2(C)CC2OC(=O)C(=C)C21. The molecule has 0 aromatic carbocycles. The van der Waals surface area contributed by atoms with E-state index in [1.165, 1.54) is 6.92 Å². The van der Waals surface area contributed by atoms with Crippen LogP contribution in [0.1, 0.15) is 47.5 Å². The number of rotatable bonds is 4. The van der Waals surface area contributed by atoms with Crippen molar-refractivity contribution in [3.8, 4) is 0 Å². The van der Waals surface area contributed by atoms with Gasteiger partial charge < -0.3 is 19.3 Å². The molecule has 3 aliphatic rings. The predicted molar refractivity (Wildman–Crippen MR) is 113 cm³/mol. The summed E-state index contributed by atoms with van der Waals surface area (Å²) in [5, 5.41) is 11.1. The molecule has 1 saturated carbocycles. The summed E-state index contributed by atoms with van der Waals surface area (Å²) in [4.78, 5) is 37.1. The predicted octanol–water partition coefficient (Wildman–Crippen LogP) is 2.94. The molecule has 1 heterocycles. The van der Waals surface area contributed by atoms with Crippen LogP contribution in [0.15, 0.2) is 47.1 Å². The normalized spacial score (nSPS) is 35.2. The van der Waals surface area contributed by atoms with Crippen LogP contribution in [0, 0.1) is 11.3 Å². The minimum atomic E-state index is -0.894. The third-order valence-corrected chi connectivity index (χ3v) is 6.84.